The second kappa shape index (κ2) is 25.9. The molecular weight excluding hydrogens is 1210 g/mol. The zero-order valence-electron chi connectivity index (χ0n) is 52.4. The molecule has 0 radical (unpaired) electrons. The highest BCUT2D eigenvalue weighted by molar-refractivity contribution is 5.79. The van der Waals surface area contributed by atoms with Crippen LogP contribution in [0.5, 0.6) is 0 Å². The van der Waals surface area contributed by atoms with Crippen LogP contribution in [-0.2, 0) is 71.2 Å². The zero-order chi connectivity index (χ0) is 66.0. The minimum absolute atomic E-state index is 0.142. The van der Waals surface area contributed by atoms with Crippen molar-refractivity contribution in [3.63, 3.8) is 0 Å². The Labute approximate surface area is 526 Å². The summed E-state index contributed by atoms with van der Waals surface area (Å²) in [5, 5.41) is 155. The zero-order valence-corrected chi connectivity index (χ0v) is 52.4. The van der Waals surface area contributed by atoms with E-state index in [1.54, 1.807) is 0 Å². The number of esters is 3. The van der Waals surface area contributed by atoms with Gasteiger partial charge < -0.3 is 128 Å². The summed E-state index contributed by atoms with van der Waals surface area (Å²) in [6.45, 7) is 11.0. The summed E-state index contributed by atoms with van der Waals surface area (Å²) >= 11 is 0. The van der Waals surface area contributed by atoms with Crippen LogP contribution in [0, 0.1) is 50.7 Å². The Morgan fingerprint density at radius 1 is 0.593 bits per heavy atom. The molecule has 11 aliphatic rings. The van der Waals surface area contributed by atoms with Gasteiger partial charge in [-0.1, -0.05) is 46.3 Å². The van der Waals surface area contributed by atoms with Crippen LogP contribution in [0.3, 0.4) is 0 Å². The number of aliphatic hydroxyl groups excluding tert-OH is 13. The predicted octanol–water partition coefficient (Wildman–Crippen LogP) is -3.07. The fourth-order valence-electron chi connectivity index (χ4n) is 17.9. The van der Waals surface area contributed by atoms with Crippen LogP contribution in [0.4, 0.5) is 0 Å². The van der Waals surface area contributed by atoms with Crippen LogP contribution in [0.1, 0.15) is 119 Å². The molecule has 5 aliphatic carbocycles. The molecule has 6 heterocycles. The first-order valence-electron chi connectivity index (χ1n) is 32.2. The molecule has 91 heavy (non-hydrogen) atoms. The van der Waals surface area contributed by atoms with Crippen LogP contribution >= 0.6 is 0 Å². The molecule has 0 bridgehead atoms. The van der Waals surface area contributed by atoms with Gasteiger partial charge in [0.15, 0.2) is 37.4 Å². The van der Waals surface area contributed by atoms with E-state index in [1.165, 1.54) is 13.8 Å². The molecule has 10 fully saturated rings. The number of aliphatic hydroxyl groups is 14. The minimum atomic E-state index is -2.05. The van der Waals surface area contributed by atoms with Gasteiger partial charge in [0.2, 0.25) is 6.29 Å². The Hall–Kier alpha value is -2.77. The average molecular weight is 1310 g/mol. The number of carbonyl (C=O) groups is 3. The number of cyclic esters (lactones) is 1. The van der Waals surface area contributed by atoms with Gasteiger partial charge >= 0.3 is 17.9 Å². The van der Waals surface area contributed by atoms with Crippen molar-refractivity contribution in [3.8, 4) is 0 Å². The molecule has 6 aliphatic heterocycles. The summed E-state index contributed by atoms with van der Waals surface area (Å²) < 4.78 is 71.8. The van der Waals surface area contributed by atoms with Gasteiger partial charge in [-0.2, -0.15) is 0 Å². The first-order valence-corrected chi connectivity index (χ1v) is 32.2. The van der Waals surface area contributed by atoms with Crippen molar-refractivity contribution in [1.82, 2.24) is 0 Å². The molecule has 0 spiro atoms. The van der Waals surface area contributed by atoms with Crippen molar-refractivity contribution in [1.29, 1.82) is 0 Å². The second-order valence-electron chi connectivity index (χ2n) is 29.8. The summed E-state index contributed by atoms with van der Waals surface area (Å²) in [4.78, 5) is 42.8. The topological polar surface area (TPSA) is 445 Å². The first-order chi connectivity index (χ1) is 42.7. The van der Waals surface area contributed by atoms with E-state index in [9.17, 15) is 81.1 Å². The lowest BCUT2D eigenvalue weighted by atomic mass is 9.34. The summed E-state index contributed by atoms with van der Waals surface area (Å²) in [7, 11) is 0. The standard InChI is InChI=1S/C62H96O29/c1-25-38(70)47(88-51-44(76)39(71)31(65)22-81-51)45(77)52(84-25)89-49-41(73)33(67)24-83-54(49)91-56(78)62-14-12-57(2,3)16-29(62)28-8-9-35-59(5)17-30(64)46-26(27(59)10-11-61(35,7)60(28,6)13-15-62)21-80-36(68)18-58(4,79)19-37(69)86-48-40(72)32(66)23-82-53(48)90-50-43(75)42(74)34(20-63)85-55(50)87-46/h8,25-27,29-35,38-55,63-67,70-77,79H,9-24H2,1-7H3/t25-,26-,27-,29-,30-,31+,32-,33-,34+,35+,38-,39-,40-,41-,42+,43-,44+,45+,46+,47+,48+,49+,50+,51-,52-,53-,54-,55-,58?,59-,60+,61+,62-/m0/s1. The van der Waals surface area contributed by atoms with Gasteiger partial charge in [0.1, 0.15) is 85.5 Å². The number of carbonyl (C=O) groups excluding carboxylic acids is 3. The van der Waals surface area contributed by atoms with Crippen molar-refractivity contribution in [3.05, 3.63) is 11.6 Å². The molecule has 1 unspecified atom stereocenters. The van der Waals surface area contributed by atoms with Gasteiger partial charge in [-0.25, -0.2) is 0 Å². The number of hydrogen-bond donors (Lipinski definition) is 14. The lowest BCUT2D eigenvalue weighted by Gasteiger charge is -2.70. The van der Waals surface area contributed by atoms with Crippen LogP contribution in [0.2, 0.25) is 0 Å². The molecule has 29 heteroatoms. The largest absolute Gasteiger partial charge is 0.465 e. The van der Waals surface area contributed by atoms with Gasteiger partial charge in [-0.05, 0) is 111 Å². The SMILES string of the molecule is C[C@@H]1O[C@@H](O[C@H]2[C@H](OC(=O)[C@]34CCC(C)(C)C[C@H]3C3=CC[C@@H]5[C@@]6(C)C[C@H](O)[C@@H]7O[C@@H]8O[C@H](CO)[C@@H](O)[C@H](O)[C@H]8O[C@@H]8OC[C@H](O)[C@H](O)[C@H]8OC(=O)CC(C)(O)CC(=O)OC[C@H]7[C@@H]6CC[C@@]5(C)[C@]3(C)CC4)OC[C@H](O)[C@@H]2O)[C@H](O)[C@H](O[C@@H]2OC[C@@H](O)[C@H](O)[C@H]2O)[C@H]1O. The molecule has 0 aromatic heterocycles. The van der Waals surface area contributed by atoms with E-state index in [4.69, 9.17) is 56.8 Å². The molecule has 0 aromatic carbocycles. The first kappa shape index (κ1) is 69.6. The van der Waals surface area contributed by atoms with Gasteiger partial charge in [0, 0.05) is 5.92 Å². The van der Waals surface area contributed by atoms with E-state index < -0.39 is 238 Å². The van der Waals surface area contributed by atoms with E-state index in [-0.39, 0.29) is 36.2 Å². The van der Waals surface area contributed by atoms with E-state index in [1.807, 2.05) is 0 Å². The summed E-state index contributed by atoms with van der Waals surface area (Å²) in [5.74, 6) is -4.37. The molecular formula is C62H96O29. The van der Waals surface area contributed by atoms with Crippen LogP contribution < -0.4 is 0 Å². The smallest absolute Gasteiger partial charge is 0.315 e. The van der Waals surface area contributed by atoms with Crippen molar-refractivity contribution in [2.24, 2.45) is 50.7 Å². The fourth-order valence-corrected chi connectivity index (χ4v) is 17.9. The fraction of sp³-hybridized carbons (Fsp3) is 0.919. The van der Waals surface area contributed by atoms with Gasteiger partial charge in [-0.3, -0.25) is 14.4 Å². The van der Waals surface area contributed by atoms with Crippen molar-refractivity contribution < 1.29 is 143 Å². The molecule has 14 N–H and O–H groups in total. The lowest BCUT2D eigenvalue weighted by molar-refractivity contribution is -0.372. The van der Waals surface area contributed by atoms with E-state index in [2.05, 4.69) is 40.7 Å². The molecule has 0 amide bonds. The number of allylic oxidation sites excluding steroid dienone is 2. The number of ether oxygens (including phenoxy) is 12. The summed E-state index contributed by atoms with van der Waals surface area (Å²) in [5.41, 5.74) is -4.16. The highest BCUT2D eigenvalue weighted by atomic mass is 16.8. The van der Waals surface area contributed by atoms with Gasteiger partial charge in [0.05, 0.1) is 75.2 Å². The molecule has 4 saturated carbocycles. The van der Waals surface area contributed by atoms with Crippen molar-refractivity contribution in [2.75, 3.05) is 33.0 Å². The minimum Gasteiger partial charge on any atom is -0.465 e. The highest BCUT2D eigenvalue weighted by Crippen LogP contribution is 2.75. The Morgan fingerprint density at radius 2 is 1.23 bits per heavy atom. The second-order valence-corrected chi connectivity index (χ2v) is 29.8. The Morgan fingerprint density at radius 3 is 1.95 bits per heavy atom. The maximum absolute atomic E-state index is 15.5. The highest BCUT2D eigenvalue weighted by Gasteiger charge is 2.70. The quantitative estimate of drug-likeness (QED) is 0.0521. The van der Waals surface area contributed by atoms with E-state index in [0.29, 0.717) is 51.4 Å². The number of hydrogen-bond acceptors (Lipinski definition) is 29. The molecule has 29 nitrogen and oxygen atoms in total. The van der Waals surface area contributed by atoms with E-state index >= 15 is 4.79 Å². The third-order valence-electron chi connectivity index (χ3n) is 23.4. The third kappa shape index (κ3) is 12.5. The van der Waals surface area contributed by atoms with Crippen LogP contribution in [0.15, 0.2) is 11.6 Å². The van der Waals surface area contributed by atoms with Crippen molar-refractivity contribution >= 4 is 17.9 Å². The molecule has 6 saturated heterocycles. The molecule has 11 rings (SSSR count). The average Bonchev–Trinajstić information content (AvgIpc) is 0.678. The molecule has 518 valence electrons. The maximum Gasteiger partial charge on any atom is 0.315 e. The maximum atomic E-state index is 15.5. The van der Waals surface area contributed by atoms with Gasteiger partial charge in [0.25, 0.3) is 0 Å². The number of rotatable bonds is 7. The molecule has 33 atom stereocenters. The summed E-state index contributed by atoms with van der Waals surface area (Å²) in [6.07, 6.45) is -34.0. The lowest BCUT2D eigenvalue weighted by Crippen LogP contribution is -2.67. The van der Waals surface area contributed by atoms with E-state index in [0.717, 1.165) is 5.57 Å². The van der Waals surface area contributed by atoms with Gasteiger partial charge in [-0.15, -0.1) is 0 Å². The van der Waals surface area contributed by atoms with Crippen LogP contribution in [-0.4, -0.2) is 275 Å². The van der Waals surface area contributed by atoms with Crippen molar-refractivity contribution in [2.45, 2.75) is 272 Å². The monoisotopic (exact) mass is 1300 g/mol. The van der Waals surface area contributed by atoms with Crippen LogP contribution in [0.25, 0.3) is 0 Å². The third-order valence-corrected chi connectivity index (χ3v) is 23.4. The Balaban J connectivity index is 0.870. The molecule has 0 aromatic rings. The normalized spacial score (nSPS) is 53.8. The predicted molar refractivity (Wildman–Crippen MR) is 302 cm³/mol. The number of fused-ring (bicyclic) bond motifs is 11. The Bertz CT molecular complexity index is 2650. The Kier molecular flexibility index (Phi) is 19.8. The summed E-state index contributed by atoms with van der Waals surface area (Å²) in [6, 6.07) is 0.